The normalized spacial score (nSPS) is 46.5. The molecule has 0 amide bonds. The third-order valence-corrected chi connectivity index (χ3v) is 3.10. The standard InChI is InChI=1S/C6H11O8P/c7-1-2-3(8)4(9)5(10)6(11,14-2)15(12)13/h2-5,7-11H,1H2/t2-,3-,4+,5-,6?/m1/s1. The zero-order valence-corrected chi connectivity index (χ0v) is 8.32. The zero-order valence-electron chi connectivity index (χ0n) is 7.42. The quantitative estimate of drug-likeness (QED) is 0.328. The fraction of sp³-hybridized carbons (Fsp3) is 1.00. The molecule has 5 N–H and O–H groups in total. The van der Waals surface area contributed by atoms with Crippen LogP contribution in [0.3, 0.4) is 0 Å². The molecule has 1 heterocycles. The molecular weight excluding hydrogens is 231 g/mol. The van der Waals surface area contributed by atoms with Crippen LogP contribution in [0.4, 0.5) is 0 Å². The van der Waals surface area contributed by atoms with Crippen molar-refractivity contribution in [2.24, 2.45) is 0 Å². The second-order valence-electron chi connectivity index (χ2n) is 3.18. The first-order chi connectivity index (χ1) is 6.84. The molecule has 15 heavy (non-hydrogen) atoms. The number of rotatable bonds is 2. The highest BCUT2D eigenvalue weighted by Gasteiger charge is 2.56. The molecule has 1 fully saturated rings. The van der Waals surface area contributed by atoms with Crippen molar-refractivity contribution in [3.05, 3.63) is 0 Å². The van der Waals surface area contributed by atoms with E-state index in [0.717, 1.165) is 0 Å². The molecule has 0 aromatic rings. The summed E-state index contributed by atoms with van der Waals surface area (Å²) in [5.74, 6) is 0. The molecule has 8 nitrogen and oxygen atoms in total. The molecule has 9 heteroatoms. The minimum atomic E-state index is -3.62. The van der Waals surface area contributed by atoms with Crippen molar-refractivity contribution < 1.29 is 39.4 Å². The Morgan fingerprint density at radius 2 is 1.73 bits per heavy atom. The van der Waals surface area contributed by atoms with Crippen molar-refractivity contribution >= 4 is 7.68 Å². The molecule has 0 aromatic heterocycles. The summed E-state index contributed by atoms with van der Waals surface area (Å²) in [5, 5.41) is 45.7. The van der Waals surface area contributed by atoms with Gasteiger partial charge in [0.2, 0.25) is 0 Å². The van der Waals surface area contributed by atoms with Crippen molar-refractivity contribution in [1.29, 1.82) is 0 Å². The van der Waals surface area contributed by atoms with Gasteiger partial charge in [-0.15, -0.1) is 0 Å². The largest absolute Gasteiger partial charge is 0.394 e. The average molecular weight is 242 g/mol. The Balaban J connectivity index is 3.02. The maximum absolute atomic E-state index is 10.6. The van der Waals surface area contributed by atoms with Crippen LogP contribution in [0.5, 0.6) is 0 Å². The lowest BCUT2D eigenvalue weighted by molar-refractivity contribution is -0.309. The van der Waals surface area contributed by atoms with Gasteiger partial charge < -0.3 is 30.3 Å². The summed E-state index contributed by atoms with van der Waals surface area (Å²) < 4.78 is 25.7. The summed E-state index contributed by atoms with van der Waals surface area (Å²) in [6.07, 6.45) is -7.29. The Hall–Kier alpha value is -0.340. The number of hydrogen-bond acceptors (Lipinski definition) is 8. The first-order valence-electron chi connectivity index (χ1n) is 4.04. The van der Waals surface area contributed by atoms with Gasteiger partial charge in [-0.1, -0.05) is 0 Å². The van der Waals surface area contributed by atoms with Crippen LogP contribution in [0, 0.1) is 0 Å². The molecule has 0 aliphatic carbocycles. The third kappa shape index (κ3) is 1.98. The maximum atomic E-state index is 10.6. The van der Waals surface area contributed by atoms with Crippen molar-refractivity contribution in [2.45, 2.75) is 29.9 Å². The van der Waals surface area contributed by atoms with E-state index in [1.807, 2.05) is 0 Å². The van der Waals surface area contributed by atoms with E-state index in [2.05, 4.69) is 4.74 Å². The van der Waals surface area contributed by atoms with Gasteiger partial charge in [0.25, 0.3) is 0 Å². The molecule has 88 valence electrons. The number of ether oxygens (including phenoxy) is 1. The Morgan fingerprint density at radius 3 is 2.13 bits per heavy atom. The van der Waals surface area contributed by atoms with Gasteiger partial charge in [-0.3, -0.25) is 0 Å². The van der Waals surface area contributed by atoms with Crippen LogP contribution in [0.2, 0.25) is 0 Å². The van der Waals surface area contributed by atoms with Crippen LogP contribution < -0.4 is 0 Å². The highest BCUT2D eigenvalue weighted by atomic mass is 31.1. The topological polar surface area (TPSA) is 145 Å². The van der Waals surface area contributed by atoms with E-state index in [-0.39, 0.29) is 0 Å². The van der Waals surface area contributed by atoms with E-state index in [4.69, 9.17) is 5.11 Å². The first-order valence-corrected chi connectivity index (χ1v) is 5.22. The highest BCUT2D eigenvalue weighted by Crippen LogP contribution is 2.38. The van der Waals surface area contributed by atoms with E-state index >= 15 is 0 Å². The SMILES string of the molecule is O=P(=O)C1(O)O[C@H](CO)[C@@H](O)[C@H](O)[C@H]1O. The molecule has 1 rings (SSSR count). The van der Waals surface area contributed by atoms with E-state index in [0.29, 0.717) is 0 Å². The lowest BCUT2D eigenvalue weighted by atomic mass is 9.99. The van der Waals surface area contributed by atoms with Crippen LogP contribution in [-0.4, -0.2) is 62.1 Å². The summed E-state index contributed by atoms with van der Waals surface area (Å²) in [6.45, 7) is -0.809. The van der Waals surface area contributed by atoms with E-state index in [9.17, 15) is 29.6 Å². The minimum Gasteiger partial charge on any atom is -0.394 e. The van der Waals surface area contributed by atoms with Crippen molar-refractivity contribution in [3.8, 4) is 0 Å². The van der Waals surface area contributed by atoms with Crippen LogP contribution in [0.15, 0.2) is 0 Å². The predicted octanol–water partition coefficient (Wildman–Crippen LogP) is -2.72. The molecule has 0 bridgehead atoms. The molecule has 0 spiro atoms. The average Bonchev–Trinajstić information content (AvgIpc) is 2.20. The summed E-state index contributed by atoms with van der Waals surface area (Å²) in [5.41, 5.74) is -3.00. The Kier molecular flexibility index (Phi) is 3.62. The molecule has 0 aromatic carbocycles. The second-order valence-corrected chi connectivity index (χ2v) is 4.34. The summed E-state index contributed by atoms with van der Waals surface area (Å²) >= 11 is 0. The zero-order chi connectivity index (χ0) is 11.8. The smallest absolute Gasteiger partial charge is 0.379 e. The van der Waals surface area contributed by atoms with Gasteiger partial charge in [-0.25, -0.2) is 9.13 Å². The Bertz CT molecular complexity index is 294. The monoisotopic (exact) mass is 242 g/mol. The third-order valence-electron chi connectivity index (χ3n) is 2.21. The van der Waals surface area contributed by atoms with Gasteiger partial charge >= 0.3 is 13.2 Å². The molecule has 0 saturated carbocycles. The van der Waals surface area contributed by atoms with Gasteiger partial charge in [-0.05, 0) is 0 Å². The van der Waals surface area contributed by atoms with Gasteiger partial charge in [-0.2, -0.15) is 0 Å². The van der Waals surface area contributed by atoms with Gasteiger partial charge in [0, 0.05) is 0 Å². The number of aliphatic hydroxyl groups is 5. The predicted molar refractivity (Wildman–Crippen MR) is 43.2 cm³/mol. The summed E-state index contributed by atoms with van der Waals surface area (Å²) in [6, 6.07) is 0. The summed E-state index contributed by atoms with van der Waals surface area (Å²) in [4.78, 5) is 0. The molecule has 1 unspecified atom stereocenters. The van der Waals surface area contributed by atoms with Crippen LogP contribution >= 0.6 is 7.68 Å². The fourth-order valence-corrected chi connectivity index (χ4v) is 1.88. The Labute approximate surface area is 84.6 Å². The van der Waals surface area contributed by atoms with Gasteiger partial charge in [0.05, 0.1) is 6.61 Å². The summed E-state index contributed by atoms with van der Waals surface area (Å²) in [7, 11) is -3.62. The van der Waals surface area contributed by atoms with Gasteiger partial charge in [0.15, 0.2) is 6.10 Å². The van der Waals surface area contributed by atoms with E-state index in [1.54, 1.807) is 0 Å². The molecule has 1 saturated heterocycles. The lowest BCUT2D eigenvalue weighted by Gasteiger charge is -2.41. The second kappa shape index (κ2) is 4.26. The minimum absolute atomic E-state index is 0.809. The van der Waals surface area contributed by atoms with Crippen molar-refractivity contribution in [2.75, 3.05) is 6.61 Å². The van der Waals surface area contributed by atoms with E-state index in [1.165, 1.54) is 0 Å². The van der Waals surface area contributed by atoms with Crippen LogP contribution in [0.25, 0.3) is 0 Å². The lowest BCUT2D eigenvalue weighted by Crippen LogP contribution is -2.63. The number of aliphatic hydroxyl groups excluding tert-OH is 4. The number of hydrogen-bond donors (Lipinski definition) is 5. The molecule has 1 aliphatic rings. The fourth-order valence-electron chi connectivity index (χ4n) is 1.29. The molecular formula is C6H11O8P. The highest BCUT2D eigenvalue weighted by molar-refractivity contribution is 7.32. The van der Waals surface area contributed by atoms with Crippen molar-refractivity contribution in [1.82, 2.24) is 0 Å². The van der Waals surface area contributed by atoms with Crippen LogP contribution in [0.1, 0.15) is 0 Å². The first kappa shape index (κ1) is 12.7. The maximum Gasteiger partial charge on any atom is 0.379 e. The molecule has 5 atom stereocenters. The van der Waals surface area contributed by atoms with Gasteiger partial charge in [0.1, 0.15) is 18.3 Å². The van der Waals surface area contributed by atoms with Crippen molar-refractivity contribution in [3.63, 3.8) is 0 Å². The van der Waals surface area contributed by atoms with E-state index < -0.39 is 44.2 Å². The van der Waals surface area contributed by atoms with Crippen LogP contribution in [-0.2, 0) is 13.9 Å². The Morgan fingerprint density at radius 1 is 1.20 bits per heavy atom. The molecule has 0 radical (unpaired) electrons. The molecule has 1 aliphatic heterocycles.